The van der Waals surface area contributed by atoms with Crippen LogP contribution in [0.5, 0.6) is 11.5 Å². The molecule has 7 nitrogen and oxygen atoms in total. The third-order valence-corrected chi connectivity index (χ3v) is 8.83. The number of rotatable bonds is 9. The number of methoxy groups -OCH3 is 2. The minimum atomic E-state index is -0.643. The summed E-state index contributed by atoms with van der Waals surface area (Å²) in [5, 5.41) is 7.36. The van der Waals surface area contributed by atoms with E-state index in [1.807, 2.05) is 19.1 Å². The highest BCUT2D eigenvalue weighted by atomic mass is 32.2. The average Bonchev–Trinajstić information content (AvgIpc) is 3.75. The molecule has 0 radical (unpaired) electrons. The predicted octanol–water partition coefficient (Wildman–Crippen LogP) is 7.00. The van der Waals surface area contributed by atoms with Gasteiger partial charge < -0.3 is 19.5 Å². The molecule has 196 valence electrons. The Morgan fingerprint density at radius 2 is 1.74 bits per heavy atom. The van der Waals surface area contributed by atoms with Crippen molar-refractivity contribution in [3.63, 3.8) is 0 Å². The summed E-state index contributed by atoms with van der Waals surface area (Å²) in [7, 11) is 3.23. The molecule has 0 spiro atoms. The fourth-order valence-electron chi connectivity index (χ4n) is 5.17. The van der Waals surface area contributed by atoms with Crippen molar-refractivity contribution in [1.82, 2.24) is 9.97 Å². The second-order valence-electron chi connectivity index (χ2n) is 9.90. The third-order valence-electron chi connectivity index (χ3n) is 7.50. The lowest BCUT2D eigenvalue weighted by atomic mass is 9.84. The van der Waals surface area contributed by atoms with E-state index in [9.17, 15) is 4.79 Å². The number of thioether (sulfide) groups is 1. The second kappa shape index (κ2) is 9.98. The largest absolute Gasteiger partial charge is 0.493 e. The van der Waals surface area contributed by atoms with Crippen LogP contribution in [0.1, 0.15) is 50.5 Å². The third kappa shape index (κ3) is 4.41. The Balaban J connectivity index is 1.47. The molecule has 2 fully saturated rings. The number of nitrogens with one attached hydrogen (secondary N) is 1. The highest BCUT2D eigenvalue weighted by Crippen LogP contribution is 2.49. The molecule has 6 rings (SSSR count). The minimum Gasteiger partial charge on any atom is -0.493 e. The molecule has 2 aliphatic carbocycles. The summed E-state index contributed by atoms with van der Waals surface area (Å²) in [5.74, 6) is 2.30. The van der Waals surface area contributed by atoms with Crippen LogP contribution in [0.25, 0.3) is 21.7 Å². The summed E-state index contributed by atoms with van der Waals surface area (Å²) in [6.07, 6.45) is 4.98. The van der Waals surface area contributed by atoms with Gasteiger partial charge in [-0.25, -0.2) is 9.97 Å². The normalized spacial score (nSPS) is 16.2. The molecule has 0 aliphatic heterocycles. The Morgan fingerprint density at radius 1 is 1.00 bits per heavy atom. The van der Waals surface area contributed by atoms with E-state index in [4.69, 9.17) is 24.2 Å². The summed E-state index contributed by atoms with van der Waals surface area (Å²) >= 11 is 1.40. The number of carbonyl (C=O) groups is 1. The molecule has 0 unspecified atom stereocenters. The highest BCUT2D eigenvalue weighted by molar-refractivity contribution is 8.01. The first-order chi connectivity index (χ1) is 18.5. The van der Waals surface area contributed by atoms with Crippen molar-refractivity contribution in [3.05, 3.63) is 54.1 Å². The topological polar surface area (TPSA) is 82.6 Å². The second-order valence-corrected chi connectivity index (χ2v) is 11.2. The van der Waals surface area contributed by atoms with Crippen molar-refractivity contribution >= 4 is 50.9 Å². The number of fused-ring (bicyclic) bond motifs is 2. The molecule has 38 heavy (non-hydrogen) atoms. The van der Waals surface area contributed by atoms with Crippen molar-refractivity contribution in [2.75, 3.05) is 26.1 Å². The number of esters is 1. The molecule has 0 bridgehead atoms. The van der Waals surface area contributed by atoms with Crippen molar-refractivity contribution in [2.45, 2.75) is 54.8 Å². The van der Waals surface area contributed by atoms with E-state index in [2.05, 4.69) is 41.7 Å². The van der Waals surface area contributed by atoms with Crippen LogP contribution < -0.4 is 14.8 Å². The molecule has 2 saturated carbocycles. The predicted molar refractivity (Wildman–Crippen MR) is 151 cm³/mol. The molecule has 8 heteroatoms. The van der Waals surface area contributed by atoms with E-state index >= 15 is 0 Å². The lowest BCUT2D eigenvalue weighted by molar-refractivity contribution is -0.148. The van der Waals surface area contributed by atoms with Gasteiger partial charge in [0, 0.05) is 22.5 Å². The van der Waals surface area contributed by atoms with Crippen molar-refractivity contribution in [1.29, 1.82) is 0 Å². The Labute approximate surface area is 226 Å². The number of hydrogen-bond donors (Lipinski definition) is 1. The molecule has 1 heterocycles. The highest BCUT2D eigenvalue weighted by Gasteiger charge is 2.47. The summed E-state index contributed by atoms with van der Waals surface area (Å²) in [6, 6.07) is 16.6. The van der Waals surface area contributed by atoms with Gasteiger partial charge in [0.1, 0.15) is 10.6 Å². The first-order valence-corrected chi connectivity index (χ1v) is 14.0. The van der Waals surface area contributed by atoms with E-state index in [1.165, 1.54) is 35.6 Å². The molecule has 4 aromatic rings. The van der Waals surface area contributed by atoms with E-state index in [0.29, 0.717) is 40.5 Å². The van der Waals surface area contributed by atoms with Crippen LogP contribution in [0, 0.1) is 0 Å². The zero-order chi connectivity index (χ0) is 26.3. The van der Waals surface area contributed by atoms with Gasteiger partial charge in [0.15, 0.2) is 16.7 Å². The van der Waals surface area contributed by atoms with Crippen molar-refractivity contribution in [2.24, 2.45) is 0 Å². The summed E-state index contributed by atoms with van der Waals surface area (Å²) in [5.41, 5.74) is 3.09. The number of hydrogen-bond acceptors (Lipinski definition) is 8. The van der Waals surface area contributed by atoms with Gasteiger partial charge >= 0.3 is 5.97 Å². The van der Waals surface area contributed by atoms with Crippen molar-refractivity contribution < 1.29 is 19.0 Å². The standard InChI is InChI=1S/C30H31N3O4S/c1-4-37-28(34)30(14-7-15-30)38-29-32-24-17-26(36-3)25(35-2)16-22(24)27(33-29)31-23-13-12-19(18-10-11-18)20-8-5-6-9-21(20)23/h5-6,8-9,12-13,16-18H,4,7,10-11,14-15H2,1-3H3,(H,31,32,33). The SMILES string of the molecule is CCOC(=O)C1(Sc2nc(Nc3ccc(C4CC4)c4ccccc34)c3cc(OC)c(OC)cc3n2)CCC1. The van der Waals surface area contributed by atoms with E-state index < -0.39 is 4.75 Å². The summed E-state index contributed by atoms with van der Waals surface area (Å²) in [4.78, 5) is 22.7. The van der Waals surface area contributed by atoms with Crippen LogP contribution in [-0.2, 0) is 9.53 Å². The smallest absolute Gasteiger partial charge is 0.322 e. The van der Waals surface area contributed by atoms with E-state index in [-0.39, 0.29) is 5.97 Å². The Morgan fingerprint density at radius 3 is 2.39 bits per heavy atom. The molecular weight excluding hydrogens is 498 g/mol. The molecule has 2 aliphatic rings. The first kappa shape index (κ1) is 24.8. The van der Waals surface area contributed by atoms with Crippen LogP contribution >= 0.6 is 11.8 Å². The van der Waals surface area contributed by atoms with E-state index in [0.717, 1.165) is 35.7 Å². The minimum absolute atomic E-state index is 0.191. The quantitative estimate of drug-likeness (QED) is 0.183. The van der Waals surface area contributed by atoms with Gasteiger partial charge in [0.05, 0.1) is 26.3 Å². The van der Waals surface area contributed by atoms with Gasteiger partial charge in [-0.3, -0.25) is 4.79 Å². The number of aromatic nitrogens is 2. The fraction of sp³-hybridized carbons (Fsp3) is 0.367. The molecule has 0 amide bonds. The molecule has 0 atom stereocenters. The number of ether oxygens (including phenoxy) is 3. The number of anilines is 2. The first-order valence-electron chi connectivity index (χ1n) is 13.1. The van der Waals surface area contributed by atoms with Crippen LogP contribution in [0.2, 0.25) is 0 Å². The van der Waals surface area contributed by atoms with E-state index in [1.54, 1.807) is 14.2 Å². The Bertz CT molecular complexity index is 1530. The maximum absolute atomic E-state index is 12.9. The van der Waals surface area contributed by atoms with Crippen LogP contribution in [0.3, 0.4) is 0 Å². The number of nitrogens with zero attached hydrogens (tertiary/aromatic N) is 2. The molecule has 1 aromatic heterocycles. The van der Waals surface area contributed by atoms with Gasteiger partial charge in [-0.05, 0) is 68.0 Å². The molecule has 3 aromatic carbocycles. The maximum atomic E-state index is 12.9. The van der Waals surface area contributed by atoms with Gasteiger partial charge in [-0.2, -0.15) is 0 Å². The number of benzene rings is 3. The fourth-order valence-corrected chi connectivity index (χ4v) is 6.43. The molecular formula is C30H31N3O4S. The summed E-state index contributed by atoms with van der Waals surface area (Å²) < 4.78 is 15.9. The van der Waals surface area contributed by atoms with Crippen molar-refractivity contribution in [3.8, 4) is 11.5 Å². The lowest BCUT2D eigenvalue weighted by Crippen LogP contribution is -2.43. The lowest BCUT2D eigenvalue weighted by Gasteiger charge is -2.37. The summed E-state index contributed by atoms with van der Waals surface area (Å²) in [6.45, 7) is 2.19. The van der Waals surface area contributed by atoms with Crippen LogP contribution in [-0.4, -0.2) is 41.5 Å². The average molecular weight is 530 g/mol. The van der Waals surface area contributed by atoms with Gasteiger partial charge in [-0.15, -0.1) is 0 Å². The van der Waals surface area contributed by atoms with Gasteiger partial charge in [-0.1, -0.05) is 42.1 Å². The zero-order valence-corrected chi connectivity index (χ0v) is 22.7. The van der Waals surface area contributed by atoms with Crippen LogP contribution in [0.4, 0.5) is 11.5 Å². The van der Waals surface area contributed by atoms with Crippen LogP contribution in [0.15, 0.2) is 53.7 Å². The maximum Gasteiger partial charge on any atom is 0.322 e. The van der Waals surface area contributed by atoms with Gasteiger partial charge in [0.25, 0.3) is 0 Å². The molecule has 0 saturated heterocycles. The zero-order valence-electron chi connectivity index (χ0n) is 21.9. The Hall–Kier alpha value is -3.52. The van der Waals surface area contributed by atoms with Gasteiger partial charge in [0.2, 0.25) is 0 Å². The molecule has 1 N–H and O–H groups in total. The number of carbonyl (C=O) groups excluding carboxylic acids is 1. The monoisotopic (exact) mass is 529 g/mol. The Kier molecular flexibility index (Phi) is 6.51.